The molecule has 0 atom stereocenters. The van der Waals surface area contributed by atoms with E-state index < -0.39 is 0 Å². The quantitative estimate of drug-likeness (QED) is 0.705. The molecule has 0 aliphatic rings. The van der Waals surface area contributed by atoms with Crippen LogP contribution >= 0.6 is 23.1 Å². The molecule has 1 aromatic carbocycles. The van der Waals surface area contributed by atoms with E-state index in [4.69, 9.17) is 11.6 Å². The van der Waals surface area contributed by atoms with Crippen molar-refractivity contribution in [1.82, 2.24) is 4.37 Å². The van der Waals surface area contributed by atoms with Crippen molar-refractivity contribution in [3.8, 4) is 10.4 Å². The van der Waals surface area contributed by atoms with Gasteiger partial charge in [-0.2, -0.15) is 4.37 Å². The zero-order valence-corrected chi connectivity index (χ0v) is 8.07. The van der Waals surface area contributed by atoms with E-state index in [1.807, 2.05) is 0 Å². The molecular weight excluding hydrogens is 209 g/mol. The Morgan fingerprint density at radius 3 is 2.69 bits per heavy atom. The largest absolute Gasteiger partial charge is 0.206 e. The van der Waals surface area contributed by atoms with Crippen molar-refractivity contribution in [3.63, 3.8) is 0 Å². The molecule has 13 heavy (non-hydrogen) atoms. The van der Waals surface area contributed by atoms with Crippen LogP contribution < -0.4 is 0 Å². The molecule has 0 radical (unpaired) electrons. The number of hydrogen-bond donors (Lipinski definition) is 0. The maximum absolute atomic E-state index is 13.2. The average Bonchev–Trinajstić information content (AvgIpc) is 2.53. The SMILES string of the molecule is Fc1ccccc1-c1cc(Cl)ns1. The summed E-state index contributed by atoms with van der Waals surface area (Å²) in [4.78, 5) is 0.753. The number of aromatic nitrogens is 1. The number of benzene rings is 1. The van der Waals surface area contributed by atoms with Gasteiger partial charge in [0.2, 0.25) is 0 Å². The minimum absolute atomic E-state index is 0.247. The van der Waals surface area contributed by atoms with E-state index in [1.165, 1.54) is 17.6 Å². The lowest BCUT2D eigenvalue weighted by Crippen LogP contribution is -1.78. The van der Waals surface area contributed by atoms with Gasteiger partial charge in [-0.1, -0.05) is 29.8 Å². The molecule has 66 valence electrons. The summed E-state index contributed by atoms with van der Waals surface area (Å²) in [6, 6.07) is 8.22. The first kappa shape index (κ1) is 8.66. The summed E-state index contributed by atoms with van der Waals surface area (Å²) in [5.74, 6) is -0.247. The number of hydrogen-bond acceptors (Lipinski definition) is 2. The Hall–Kier alpha value is -0.930. The highest BCUT2D eigenvalue weighted by Crippen LogP contribution is 2.28. The monoisotopic (exact) mass is 213 g/mol. The topological polar surface area (TPSA) is 12.9 Å². The Kier molecular flexibility index (Phi) is 2.29. The first-order chi connectivity index (χ1) is 6.27. The highest BCUT2D eigenvalue weighted by Gasteiger charge is 2.06. The highest BCUT2D eigenvalue weighted by atomic mass is 35.5. The molecule has 0 spiro atoms. The van der Waals surface area contributed by atoms with Crippen molar-refractivity contribution in [3.05, 3.63) is 41.3 Å². The molecule has 1 heterocycles. The third kappa shape index (κ3) is 1.71. The summed E-state index contributed by atoms with van der Waals surface area (Å²) in [6.07, 6.45) is 0. The van der Waals surface area contributed by atoms with E-state index in [0.29, 0.717) is 10.7 Å². The summed E-state index contributed by atoms with van der Waals surface area (Å²) in [5.41, 5.74) is 0.548. The molecule has 4 heteroatoms. The maximum atomic E-state index is 13.2. The van der Waals surface area contributed by atoms with E-state index in [2.05, 4.69) is 4.37 Å². The van der Waals surface area contributed by atoms with E-state index in [1.54, 1.807) is 24.3 Å². The van der Waals surface area contributed by atoms with Gasteiger partial charge in [-0.05, 0) is 23.7 Å². The Labute approximate surface area is 84.0 Å². The van der Waals surface area contributed by atoms with Crippen LogP contribution in [0.15, 0.2) is 30.3 Å². The lowest BCUT2D eigenvalue weighted by molar-refractivity contribution is 0.631. The summed E-state index contributed by atoms with van der Waals surface area (Å²) in [7, 11) is 0. The summed E-state index contributed by atoms with van der Waals surface area (Å²) in [6.45, 7) is 0. The zero-order chi connectivity index (χ0) is 9.26. The molecular formula is C9H5ClFNS. The minimum Gasteiger partial charge on any atom is -0.206 e. The Morgan fingerprint density at radius 1 is 1.31 bits per heavy atom. The molecule has 0 aliphatic carbocycles. The average molecular weight is 214 g/mol. The molecule has 0 aliphatic heterocycles. The van der Waals surface area contributed by atoms with E-state index in [9.17, 15) is 4.39 Å². The molecule has 0 unspecified atom stereocenters. The normalized spacial score (nSPS) is 10.3. The van der Waals surface area contributed by atoms with Crippen molar-refractivity contribution >= 4 is 23.1 Å². The molecule has 0 saturated carbocycles. The third-order valence-corrected chi connectivity index (χ3v) is 2.74. The molecule has 1 aromatic heterocycles. The summed E-state index contributed by atoms with van der Waals surface area (Å²) < 4.78 is 17.1. The first-order valence-electron chi connectivity index (χ1n) is 3.64. The van der Waals surface area contributed by atoms with Gasteiger partial charge in [-0.15, -0.1) is 0 Å². The van der Waals surface area contributed by atoms with Gasteiger partial charge in [-0.3, -0.25) is 0 Å². The van der Waals surface area contributed by atoms with Gasteiger partial charge < -0.3 is 0 Å². The third-order valence-electron chi connectivity index (χ3n) is 1.62. The van der Waals surface area contributed by atoms with Crippen LogP contribution in [0, 0.1) is 5.82 Å². The zero-order valence-electron chi connectivity index (χ0n) is 6.50. The molecule has 0 amide bonds. The van der Waals surface area contributed by atoms with Gasteiger partial charge in [0, 0.05) is 5.56 Å². The summed E-state index contributed by atoms with van der Waals surface area (Å²) in [5, 5.41) is 0.406. The molecule has 0 fully saturated rings. The van der Waals surface area contributed by atoms with Gasteiger partial charge >= 0.3 is 0 Å². The first-order valence-corrected chi connectivity index (χ1v) is 4.79. The van der Waals surface area contributed by atoms with E-state index in [-0.39, 0.29) is 5.82 Å². The van der Waals surface area contributed by atoms with Crippen LogP contribution in [-0.2, 0) is 0 Å². The Bertz CT molecular complexity index is 427. The molecule has 2 aromatic rings. The van der Waals surface area contributed by atoms with Crippen molar-refractivity contribution in [2.75, 3.05) is 0 Å². The van der Waals surface area contributed by atoms with Crippen LogP contribution in [0.3, 0.4) is 0 Å². The number of halogens is 2. The Morgan fingerprint density at radius 2 is 2.08 bits per heavy atom. The fraction of sp³-hybridized carbons (Fsp3) is 0. The van der Waals surface area contributed by atoms with E-state index in [0.717, 1.165) is 4.88 Å². The van der Waals surface area contributed by atoms with Gasteiger partial charge in [0.15, 0.2) is 0 Å². The number of rotatable bonds is 1. The second-order valence-corrected chi connectivity index (χ2v) is 3.69. The molecule has 1 nitrogen and oxygen atoms in total. The fourth-order valence-corrected chi connectivity index (χ4v) is 1.99. The van der Waals surface area contributed by atoms with Gasteiger partial charge in [0.25, 0.3) is 0 Å². The van der Waals surface area contributed by atoms with E-state index >= 15 is 0 Å². The van der Waals surface area contributed by atoms with Gasteiger partial charge in [0.05, 0.1) is 4.88 Å². The number of nitrogens with zero attached hydrogens (tertiary/aromatic N) is 1. The lowest BCUT2D eigenvalue weighted by atomic mass is 10.2. The Balaban J connectivity index is 2.52. The van der Waals surface area contributed by atoms with Crippen LogP contribution in [0.25, 0.3) is 10.4 Å². The molecule has 0 N–H and O–H groups in total. The van der Waals surface area contributed by atoms with Crippen molar-refractivity contribution in [2.45, 2.75) is 0 Å². The fourth-order valence-electron chi connectivity index (χ4n) is 1.04. The molecule has 0 bridgehead atoms. The van der Waals surface area contributed by atoms with Crippen LogP contribution in [0.2, 0.25) is 5.15 Å². The summed E-state index contributed by atoms with van der Waals surface area (Å²) >= 11 is 6.83. The van der Waals surface area contributed by atoms with Crippen LogP contribution in [0.4, 0.5) is 4.39 Å². The molecule has 0 saturated heterocycles. The second kappa shape index (κ2) is 3.44. The smallest absolute Gasteiger partial charge is 0.143 e. The standard InChI is InChI=1S/C9H5ClFNS/c10-9-5-8(13-12-9)6-3-1-2-4-7(6)11/h1-5H. The van der Waals surface area contributed by atoms with Crippen molar-refractivity contribution in [2.24, 2.45) is 0 Å². The predicted molar refractivity (Wildman–Crippen MR) is 52.5 cm³/mol. The van der Waals surface area contributed by atoms with Crippen LogP contribution in [0.1, 0.15) is 0 Å². The maximum Gasteiger partial charge on any atom is 0.143 e. The van der Waals surface area contributed by atoms with Crippen LogP contribution in [-0.4, -0.2) is 4.37 Å². The van der Waals surface area contributed by atoms with Gasteiger partial charge in [0.1, 0.15) is 11.0 Å². The van der Waals surface area contributed by atoms with Crippen molar-refractivity contribution in [1.29, 1.82) is 0 Å². The second-order valence-electron chi connectivity index (χ2n) is 2.49. The van der Waals surface area contributed by atoms with Crippen molar-refractivity contribution < 1.29 is 4.39 Å². The lowest BCUT2D eigenvalue weighted by Gasteiger charge is -1.96. The predicted octanol–water partition coefficient (Wildman–Crippen LogP) is 3.60. The van der Waals surface area contributed by atoms with Crippen LogP contribution in [0.5, 0.6) is 0 Å². The minimum atomic E-state index is -0.247. The van der Waals surface area contributed by atoms with Gasteiger partial charge in [-0.25, -0.2) is 4.39 Å². The highest BCUT2D eigenvalue weighted by molar-refractivity contribution is 7.09. The molecule has 2 rings (SSSR count).